The number of halogens is 1. The number of rotatable bonds is 3. The van der Waals surface area contributed by atoms with Crippen LogP contribution in [-0.2, 0) is 9.53 Å². The molecule has 0 atom stereocenters. The van der Waals surface area contributed by atoms with Crippen LogP contribution < -0.4 is 5.32 Å². The number of hydrogen-bond acceptors (Lipinski definition) is 4. The van der Waals surface area contributed by atoms with Gasteiger partial charge in [-0.15, -0.1) is 0 Å². The molecule has 0 bridgehead atoms. The molecule has 6 nitrogen and oxygen atoms in total. The van der Waals surface area contributed by atoms with Gasteiger partial charge in [-0.1, -0.05) is 32.4 Å². The summed E-state index contributed by atoms with van der Waals surface area (Å²) in [4.78, 5) is 21.4. The molecular weight excluding hydrogens is 328 g/mol. The molecule has 0 aliphatic carbocycles. The van der Waals surface area contributed by atoms with E-state index < -0.39 is 0 Å². The Labute approximate surface area is 146 Å². The van der Waals surface area contributed by atoms with E-state index in [-0.39, 0.29) is 17.4 Å². The fraction of sp³-hybridized carbons (Fsp3) is 0.588. The Morgan fingerprint density at radius 1 is 1.33 bits per heavy atom. The summed E-state index contributed by atoms with van der Waals surface area (Å²) in [5, 5.41) is 3.38. The highest BCUT2D eigenvalue weighted by Crippen LogP contribution is 2.30. The lowest BCUT2D eigenvalue weighted by molar-refractivity contribution is -0.117. The Kier molecular flexibility index (Phi) is 4.78. The van der Waals surface area contributed by atoms with Crippen LogP contribution in [0.2, 0.25) is 5.15 Å². The quantitative estimate of drug-likeness (QED) is 0.854. The van der Waals surface area contributed by atoms with Gasteiger partial charge in [0.1, 0.15) is 10.7 Å². The van der Waals surface area contributed by atoms with E-state index in [1.54, 1.807) is 6.07 Å². The third-order valence-corrected chi connectivity index (χ3v) is 4.21. The first-order valence-corrected chi connectivity index (χ1v) is 8.63. The molecule has 2 aromatic heterocycles. The van der Waals surface area contributed by atoms with Gasteiger partial charge in [0.15, 0.2) is 5.65 Å². The lowest BCUT2D eigenvalue weighted by atomic mass is 9.92. The number of carbonyl (C=O) groups is 1. The number of hydrogen-bond donors (Lipinski definition) is 1. The third kappa shape index (κ3) is 3.87. The summed E-state index contributed by atoms with van der Waals surface area (Å²) >= 11 is 6.07. The van der Waals surface area contributed by atoms with Crippen molar-refractivity contribution in [3.63, 3.8) is 0 Å². The molecule has 2 aromatic rings. The van der Waals surface area contributed by atoms with Crippen LogP contribution in [0.4, 0.5) is 5.95 Å². The van der Waals surface area contributed by atoms with E-state index in [1.807, 2.05) is 31.4 Å². The minimum atomic E-state index is -0.0822. The van der Waals surface area contributed by atoms with Gasteiger partial charge in [-0.2, -0.15) is 0 Å². The van der Waals surface area contributed by atoms with Crippen molar-refractivity contribution in [1.29, 1.82) is 0 Å². The number of nitrogens with one attached hydrogen (secondary N) is 1. The minimum Gasteiger partial charge on any atom is -0.381 e. The molecule has 0 saturated carbocycles. The number of aromatic nitrogens is 3. The monoisotopic (exact) mass is 350 g/mol. The number of anilines is 1. The minimum absolute atomic E-state index is 0.0442. The first kappa shape index (κ1) is 17.2. The number of fused-ring (bicyclic) bond motifs is 1. The number of pyridine rings is 1. The number of carbonyl (C=O) groups excluding carboxylic acids is 1. The zero-order valence-electron chi connectivity index (χ0n) is 14.3. The smallest absolute Gasteiger partial charge is 0.227 e. The van der Waals surface area contributed by atoms with E-state index in [0.29, 0.717) is 36.4 Å². The van der Waals surface area contributed by atoms with E-state index in [2.05, 4.69) is 15.3 Å². The van der Waals surface area contributed by atoms with Gasteiger partial charge in [0, 0.05) is 25.7 Å². The van der Waals surface area contributed by atoms with Gasteiger partial charge >= 0.3 is 0 Å². The van der Waals surface area contributed by atoms with Gasteiger partial charge < -0.3 is 4.74 Å². The number of amides is 1. The molecule has 7 heteroatoms. The molecule has 0 unspecified atom stereocenters. The summed E-state index contributed by atoms with van der Waals surface area (Å²) in [7, 11) is 0. The molecule has 0 spiro atoms. The highest BCUT2D eigenvalue weighted by molar-refractivity contribution is 6.29. The first-order chi connectivity index (χ1) is 11.3. The van der Waals surface area contributed by atoms with Gasteiger partial charge in [0.25, 0.3) is 0 Å². The highest BCUT2D eigenvalue weighted by atomic mass is 35.5. The number of nitrogens with zero attached hydrogens (tertiary/aromatic N) is 3. The predicted octanol–water partition coefficient (Wildman–Crippen LogP) is 3.81. The van der Waals surface area contributed by atoms with Crippen molar-refractivity contribution < 1.29 is 9.53 Å². The van der Waals surface area contributed by atoms with Crippen molar-refractivity contribution in [3.05, 3.63) is 17.3 Å². The molecule has 1 N–H and O–H groups in total. The summed E-state index contributed by atoms with van der Waals surface area (Å²) in [6, 6.07) is 3.74. The Morgan fingerprint density at radius 3 is 2.71 bits per heavy atom. The van der Waals surface area contributed by atoms with Crippen molar-refractivity contribution in [2.24, 2.45) is 5.41 Å². The second-order valence-electron chi connectivity index (χ2n) is 7.41. The standard InChI is InChI=1S/C17H23ClN4O2/c1-17(2,3)10-14(23)21-16-19-12-4-5-13(18)20-15(12)22(16)11-6-8-24-9-7-11/h4-5,11H,6-10H2,1-3H3,(H,19,21,23). The van der Waals surface area contributed by atoms with Crippen LogP contribution in [0.15, 0.2) is 12.1 Å². The zero-order valence-corrected chi connectivity index (χ0v) is 15.1. The van der Waals surface area contributed by atoms with Crippen molar-refractivity contribution >= 4 is 34.6 Å². The van der Waals surface area contributed by atoms with Gasteiger partial charge in [0.05, 0.1) is 0 Å². The van der Waals surface area contributed by atoms with Gasteiger partial charge in [-0.25, -0.2) is 9.97 Å². The topological polar surface area (TPSA) is 69.0 Å². The van der Waals surface area contributed by atoms with Crippen molar-refractivity contribution in [2.75, 3.05) is 18.5 Å². The lowest BCUT2D eigenvalue weighted by Crippen LogP contribution is -2.25. The Morgan fingerprint density at radius 2 is 2.04 bits per heavy atom. The van der Waals surface area contributed by atoms with Gasteiger partial charge in [0.2, 0.25) is 11.9 Å². The lowest BCUT2D eigenvalue weighted by Gasteiger charge is -2.25. The molecule has 1 fully saturated rings. The molecule has 1 saturated heterocycles. The molecular formula is C17H23ClN4O2. The SMILES string of the molecule is CC(C)(C)CC(=O)Nc1nc2ccc(Cl)nc2n1C1CCOCC1. The summed E-state index contributed by atoms with van der Waals surface area (Å²) in [6.45, 7) is 7.50. The molecule has 0 aromatic carbocycles. The summed E-state index contributed by atoms with van der Waals surface area (Å²) in [5.74, 6) is 0.498. The maximum atomic E-state index is 12.4. The molecule has 1 amide bonds. The van der Waals surface area contributed by atoms with Crippen LogP contribution >= 0.6 is 11.6 Å². The van der Waals surface area contributed by atoms with Crippen molar-refractivity contribution in [1.82, 2.24) is 14.5 Å². The summed E-state index contributed by atoms with van der Waals surface area (Å²) in [5.41, 5.74) is 1.36. The second-order valence-corrected chi connectivity index (χ2v) is 7.80. The van der Waals surface area contributed by atoms with E-state index in [0.717, 1.165) is 18.4 Å². The van der Waals surface area contributed by atoms with Crippen LogP contribution in [-0.4, -0.2) is 33.7 Å². The normalized spacial score (nSPS) is 16.5. The van der Waals surface area contributed by atoms with Crippen LogP contribution in [0.3, 0.4) is 0 Å². The average molecular weight is 351 g/mol. The zero-order chi connectivity index (χ0) is 17.3. The van der Waals surface area contributed by atoms with Crippen LogP contribution in [0, 0.1) is 5.41 Å². The number of ether oxygens (including phenoxy) is 1. The molecule has 3 rings (SSSR count). The second kappa shape index (κ2) is 6.69. The maximum Gasteiger partial charge on any atom is 0.227 e. The van der Waals surface area contributed by atoms with E-state index in [1.165, 1.54) is 0 Å². The highest BCUT2D eigenvalue weighted by Gasteiger charge is 2.25. The first-order valence-electron chi connectivity index (χ1n) is 8.25. The molecule has 0 radical (unpaired) electrons. The van der Waals surface area contributed by atoms with Gasteiger partial charge in [-0.05, 0) is 30.4 Å². The molecule has 130 valence electrons. The molecule has 24 heavy (non-hydrogen) atoms. The number of imidazole rings is 1. The van der Waals surface area contributed by atoms with Crippen LogP contribution in [0.25, 0.3) is 11.2 Å². The third-order valence-electron chi connectivity index (χ3n) is 4.00. The van der Waals surface area contributed by atoms with Crippen molar-refractivity contribution in [2.45, 2.75) is 46.1 Å². The van der Waals surface area contributed by atoms with Crippen LogP contribution in [0.1, 0.15) is 46.1 Å². The fourth-order valence-corrected chi connectivity index (χ4v) is 3.12. The van der Waals surface area contributed by atoms with Gasteiger partial charge in [-0.3, -0.25) is 14.7 Å². The largest absolute Gasteiger partial charge is 0.381 e. The predicted molar refractivity (Wildman–Crippen MR) is 94.3 cm³/mol. The van der Waals surface area contributed by atoms with Crippen LogP contribution in [0.5, 0.6) is 0 Å². The average Bonchev–Trinajstić information content (AvgIpc) is 2.83. The van der Waals surface area contributed by atoms with E-state index in [4.69, 9.17) is 16.3 Å². The Hall–Kier alpha value is -1.66. The van der Waals surface area contributed by atoms with E-state index in [9.17, 15) is 4.79 Å². The molecule has 1 aliphatic rings. The maximum absolute atomic E-state index is 12.4. The van der Waals surface area contributed by atoms with Crippen molar-refractivity contribution in [3.8, 4) is 0 Å². The molecule has 1 aliphatic heterocycles. The Bertz CT molecular complexity index is 745. The fourth-order valence-electron chi connectivity index (χ4n) is 2.98. The Balaban J connectivity index is 1.97. The summed E-state index contributed by atoms with van der Waals surface area (Å²) in [6.07, 6.45) is 2.15. The molecule has 3 heterocycles. The summed E-state index contributed by atoms with van der Waals surface area (Å²) < 4.78 is 7.46. The van der Waals surface area contributed by atoms with E-state index >= 15 is 0 Å².